The molecule has 2 aliphatic rings. The van der Waals surface area contributed by atoms with Crippen LogP contribution in [0.1, 0.15) is 18.9 Å². The monoisotopic (exact) mass is 445 g/mol. The Bertz CT molecular complexity index is 912. The van der Waals surface area contributed by atoms with Crippen molar-refractivity contribution in [3.63, 3.8) is 0 Å². The summed E-state index contributed by atoms with van der Waals surface area (Å²) < 4.78 is 24.4. The summed E-state index contributed by atoms with van der Waals surface area (Å²) in [5.41, 5.74) is -1.38. The zero-order valence-corrected chi connectivity index (χ0v) is 17.5. The van der Waals surface area contributed by atoms with Gasteiger partial charge >= 0.3 is 18.3 Å². The minimum atomic E-state index is -1.18. The summed E-state index contributed by atoms with van der Waals surface area (Å²) in [5.74, 6) is 4.48. The van der Waals surface area contributed by atoms with Gasteiger partial charge in [0.1, 0.15) is 37.3 Å². The average Bonchev–Trinajstić information content (AvgIpc) is 2.81. The number of hydrogen-bond acceptors (Lipinski definition) is 9. The fraction of sp³-hybridized carbons (Fsp3) is 0.455. The van der Waals surface area contributed by atoms with E-state index in [9.17, 15) is 19.2 Å². The molecule has 2 aliphatic heterocycles. The number of cyclic esters (lactones) is 4. The van der Waals surface area contributed by atoms with E-state index in [4.69, 9.17) is 23.7 Å². The van der Waals surface area contributed by atoms with Crippen LogP contribution in [0.3, 0.4) is 0 Å². The van der Waals surface area contributed by atoms with E-state index in [0.29, 0.717) is 6.54 Å². The number of ether oxygens (including phenoxy) is 5. The van der Waals surface area contributed by atoms with Crippen LogP contribution >= 0.6 is 0 Å². The van der Waals surface area contributed by atoms with Crippen LogP contribution in [-0.4, -0.2) is 57.2 Å². The van der Waals surface area contributed by atoms with Gasteiger partial charge in [-0.25, -0.2) is 9.59 Å². The predicted molar refractivity (Wildman–Crippen MR) is 107 cm³/mol. The smallest absolute Gasteiger partial charge is 0.452 e. The Hall–Kier alpha value is -3.74. The first-order valence-corrected chi connectivity index (χ1v) is 9.87. The molecule has 170 valence electrons. The molecule has 0 spiro atoms. The fourth-order valence-electron chi connectivity index (χ4n) is 2.95. The summed E-state index contributed by atoms with van der Waals surface area (Å²) in [6.07, 6.45) is -1.65. The molecule has 1 amide bonds. The molecule has 0 saturated carbocycles. The van der Waals surface area contributed by atoms with Gasteiger partial charge < -0.3 is 29.0 Å². The van der Waals surface area contributed by atoms with Gasteiger partial charge in [-0.3, -0.25) is 9.59 Å². The quantitative estimate of drug-likeness (QED) is 0.394. The van der Waals surface area contributed by atoms with Crippen molar-refractivity contribution in [2.45, 2.75) is 19.9 Å². The number of carbonyl (C=O) groups is 4. The maximum Gasteiger partial charge on any atom is 0.508 e. The Morgan fingerprint density at radius 1 is 0.969 bits per heavy atom. The third-order valence-corrected chi connectivity index (χ3v) is 5.05. The standard InChI is InChI=1S/C22H23NO9/c1-21(12-29-19(26)30-13-21)18(25)28-10-6-5-9-22(14-31-20(27)32-15-22)17(24)23-11-16-7-3-2-4-8-16/h2-4,7-8H,9-15H2,1H3,(H,23,24). The first kappa shape index (κ1) is 22.9. The number of esters is 1. The van der Waals surface area contributed by atoms with Crippen LogP contribution in [0.5, 0.6) is 0 Å². The summed E-state index contributed by atoms with van der Waals surface area (Å²) in [7, 11) is 0. The number of carbonyl (C=O) groups excluding carboxylic acids is 4. The second-order valence-corrected chi connectivity index (χ2v) is 7.77. The van der Waals surface area contributed by atoms with Crippen LogP contribution in [0.2, 0.25) is 0 Å². The summed E-state index contributed by atoms with van der Waals surface area (Å²) >= 11 is 0. The maximum absolute atomic E-state index is 12.9. The van der Waals surface area contributed by atoms with Gasteiger partial charge in [0.05, 0.1) is 0 Å². The van der Waals surface area contributed by atoms with Crippen molar-refractivity contribution in [2.24, 2.45) is 10.8 Å². The van der Waals surface area contributed by atoms with Crippen LogP contribution < -0.4 is 5.32 Å². The molecule has 10 nitrogen and oxygen atoms in total. The molecule has 1 N–H and O–H groups in total. The first-order chi connectivity index (χ1) is 15.3. The van der Waals surface area contributed by atoms with Crippen molar-refractivity contribution in [3.05, 3.63) is 35.9 Å². The normalized spacial score (nSPS) is 18.4. The van der Waals surface area contributed by atoms with Crippen molar-refractivity contribution in [3.8, 4) is 11.8 Å². The topological polar surface area (TPSA) is 126 Å². The van der Waals surface area contributed by atoms with Crippen LogP contribution in [-0.2, 0) is 39.8 Å². The third-order valence-electron chi connectivity index (χ3n) is 5.05. The third kappa shape index (κ3) is 5.69. The Balaban J connectivity index is 1.55. The largest absolute Gasteiger partial charge is 0.508 e. The second kappa shape index (κ2) is 10.0. The molecule has 2 fully saturated rings. The highest BCUT2D eigenvalue weighted by atomic mass is 16.7. The Kier molecular flexibility index (Phi) is 7.20. The van der Waals surface area contributed by atoms with Crippen molar-refractivity contribution < 1.29 is 42.9 Å². The molecule has 0 aliphatic carbocycles. The summed E-state index contributed by atoms with van der Waals surface area (Å²) in [6, 6.07) is 9.34. The van der Waals surface area contributed by atoms with Gasteiger partial charge in [0.2, 0.25) is 5.91 Å². The van der Waals surface area contributed by atoms with Crippen molar-refractivity contribution in [1.29, 1.82) is 0 Å². The number of nitrogens with one attached hydrogen (secondary N) is 1. The first-order valence-electron chi connectivity index (χ1n) is 9.87. The number of amides is 1. The molecule has 1 aromatic carbocycles. The predicted octanol–water partition coefficient (Wildman–Crippen LogP) is 1.57. The van der Waals surface area contributed by atoms with E-state index in [1.165, 1.54) is 0 Å². The van der Waals surface area contributed by atoms with Gasteiger partial charge in [0.15, 0.2) is 6.61 Å². The van der Waals surface area contributed by atoms with Gasteiger partial charge in [-0.2, -0.15) is 0 Å². The molecule has 3 rings (SSSR count). The molecule has 0 bridgehead atoms. The lowest BCUT2D eigenvalue weighted by Crippen LogP contribution is -2.50. The van der Waals surface area contributed by atoms with E-state index >= 15 is 0 Å². The summed E-state index contributed by atoms with van der Waals surface area (Å²) in [4.78, 5) is 47.3. The summed E-state index contributed by atoms with van der Waals surface area (Å²) in [6.45, 7) is 0.964. The highest BCUT2D eigenvalue weighted by Crippen LogP contribution is 2.28. The molecule has 32 heavy (non-hydrogen) atoms. The maximum atomic E-state index is 12.9. The molecule has 10 heteroatoms. The molecular formula is C22H23NO9. The van der Waals surface area contributed by atoms with Crippen molar-refractivity contribution in [1.82, 2.24) is 5.32 Å². The fourth-order valence-corrected chi connectivity index (χ4v) is 2.95. The van der Waals surface area contributed by atoms with E-state index in [0.717, 1.165) is 5.56 Å². The molecule has 0 unspecified atom stereocenters. The molecular weight excluding hydrogens is 422 g/mol. The molecule has 2 heterocycles. The SMILES string of the molecule is CC1(C(=O)OCC#CCC2(C(=O)NCc3ccccc3)COC(=O)OC2)COC(=O)OC1. The number of benzene rings is 1. The highest BCUT2D eigenvalue weighted by Gasteiger charge is 2.44. The highest BCUT2D eigenvalue weighted by molar-refractivity contribution is 5.84. The lowest BCUT2D eigenvalue weighted by molar-refractivity contribution is -0.164. The van der Waals surface area contributed by atoms with E-state index in [-0.39, 0.29) is 45.4 Å². The molecule has 0 radical (unpaired) electrons. The lowest BCUT2D eigenvalue weighted by atomic mass is 9.84. The van der Waals surface area contributed by atoms with Crippen LogP contribution in [0.15, 0.2) is 30.3 Å². The zero-order valence-electron chi connectivity index (χ0n) is 17.5. The number of hydrogen-bond donors (Lipinski definition) is 1. The molecule has 2 saturated heterocycles. The minimum absolute atomic E-state index is 0.0243. The second-order valence-electron chi connectivity index (χ2n) is 7.77. The van der Waals surface area contributed by atoms with Crippen molar-refractivity contribution in [2.75, 3.05) is 33.0 Å². The molecule has 0 atom stereocenters. The molecule has 1 aromatic rings. The Morgan fingerprint density at radius 2 is 1.56 bits per heavy atom. The zero-order chi connectivity index (χ0) is 23.0. The van der Waals surface area contributed by atoms with Gasteiger partial charge in [-0.15, -0.1) is 0 Å². The van der Waals surface area contributed by atoms with Crippen LogP contribution in [0.4, 0.5) is 9.59 Å². The Morgan fingerprint density at radius 3 is 2.19 bits per heavy atom. The van der Waals surface area contributed by atoms with Gasteiger partial charge in [-0.1, -0.05) is 42.2 Å². The van der Waals surface area contributed by atoms with Crippen LogP contribution in [0.25, 0.3) is 0 Å². The number of rotatable bonds is 6. The van der Waals surface area contributed by atoms with Gasteiger partial charge in [-0.05, 0) is 12.5 Å². The van der Waals surface area contributed by atoms with Gasteiger partial charge in [0, 0.05) is 13.0 Å². The summed E-state index contributed by atoms with van der Waals surface area (Å²) in [5, 5.41) is 2.82. The average molecular weight is 445 g/mol. The van der Waals surface area contributed by atoms with Gasteiger partial charge in [0.25, 0.3) is 0 Å². The van der Waals surface area contributed by atoms with E-state index < -0.39 is 29.1 Å². The van der Waals surface area contributed by atoms with E-state index in [1.54, 1.807) is 6.92 Å². The van der Waals surface area contributed by atoms with Crippen molar-refractivity contribution >= 4 is 24.2 Å². The molecule has 0 aromatic heterocycles. The van der Waals surface area contributed by atoms with E-state index in [2.05, 4.69) is 17.2 Å². The Labute approximate surface area is 184 Å². The lowest BCUT2D eigenvalue weighted by Gasteiger charge is -2.32. The minimum Gasteiger partial charge on any atom is -0.452 e. The van der Waals surface area contributed by atoms with E-state index in [1.807, 2.05) is 30.3 Å². The van der Waals surface area contributed by atoms with Crippen LogP contribution in [0, 0.1) is 22.7 Å².